The van der Waals surface area contributed by atoms with Crippen molar-refractivity contribution in [3.8, 4) is 0 Å². The van der Waals surface area contributed by atoms with Crippen molar-refractivity contribution in [1.82, 2.24) is 0 Å². The van der Waals surface area contributed by atoms with E-state index in [-0.39, 0.29) is 24.7 Å². The molecule has 0 aromatic carbocycles. The number of hydrogen-bond acceptors (Lipinski definition) is 2. The van der Waals surface area contributed by atoms with E-state index < -0.39 is 18.1 Å². The second-order valence-corrected chi connectivity index (χ2v) is 4.04. The second kappa shape index (κ2) is 6.33. The zero-order valence-electron chi connectivity index (χ0n) is 9.26. The zero-order valence-corrected chi connectivity index (χ0v) is 10.1. The first kappa shape index (κ1) is 15.5. The first-order chi connectivity index (χ1) is 6.95. The standard InChI is InChI=1S/C10H17F3N2.ClH/c1-2-3-4-5-8-7(10(11,12)13)6-9(14)15-8;/h7-8H,2-6H2,1H3,(H2,14,15);1H. The van der Waals surface area contributed by atoms with Crippen molar-refractivity contribution in [3.63, 3.8) is 0 Å². The molecule has 6 heteroatoms. The van der Waals surface area contributed by atoms with Gasteiger partial charge in [-0.2, -0.15) is 13.2 Å². The minimum Gasteiger partial charge on any atom is -0.387 e. The number of hydrogen-bond donors (Lipinski definition) is 1. The predicted molar refractivity (Wildman–Crippen MR) is 61.0 cm³/mol. The van der Waals surface area contributed by atoms with Crippen molar-refractivity contribution in [3.05, 3.63) is 0 Å². The second-order valence-electron chi connectivity index (χ2n) is 4.04. The fraction of sp³-hybridized carbons (Fsp3) is 0.900. The van der Waals surface area contributed by atoms with E-state index >= 15 is 0 Å². The Morgan fingerprint density at radius 3 is 2.50 bits per heavy atom. The molecule has 1 aliphatic heterocycles. The molecule has 1 aliphatic rings. The van der Waals surface area contributed by atoms with E-state index in [0.29, 0.717) is 6.42 Å². The van der Waals surface area contributed by atoms with Crippen LogP contribution in [0, 0.1) is 5.92 Å². The smallest absolute Gasteiger partial charge is 0.387 e. The summed E-state index contributed by atoms with van der Waals surface area (Å²) in [5.41, 5.74) is 5.37. The lowest BCUT2D eigenvalue weighted by molar-refractivity contribution is -0.176. The molecule has 2 N–H and O–H groups in total. The van der Waals surface area contributed by atoms with E-state index in [4.69, 9.17) is 5.73 Å². The molecule has 2 unspecified atom stereocenters. The number of amidine groups is 1. The molecule has 0 radical (unpaired) electrons. The summed E-state index contributed by atoms with van der Waals surface area (Å²) < 4.78 is 37.7. The van der Waals surface area contributed by atoms with Crippen LogP contribution in [-0.4, -0.2) is 18.1 Å². The first-order valence-electron chi connectivity index (χ1n) is 5.34. The Kier molecular flexibility index (Phi) is 6.15. The minimum atomic E-state index is -4.17. The summed E-state index contributed by atoms with van der Waals surface area (Å²) >= 11 is 0. The third-order valence-electron chi connectivity index (χ3n) is 2.75. The van der Waals surface area contributed by atoms with Gasteiger partial charge in [0.2, 0.25) is 0 Å². The molecule has 2 atom stereocenters. The van der Waals surface area contributed by atoms with Gasteiger partial charge < -0.3 is 5.73 Å². The van der Waals surface area contributed by atoms with Gasteiger partial charge in [0.05, 0.1) is 17.8 Å². The average Bonchev–Trinajstić information content (AvgIpc) is 2.47. The molecule has 0 aromatic rings. The summed E-state index contributed by atoms with van der Waals surface area (Å²) in [4.78, 5) is 3.88. The highest BCUT2D eigenvalue weighted by Crippen LogP contribution is 2.37. The number of unbranched alkanes of at least 4 members (excludes halogenated alkanes) is 2. The monoisotopic (exact) mass is 258 g/mol. The lowest BCUT2D eigenvalue weighted by Gasteiger charge is -2.20. The van der Waals surface area contributed by atoms with Crippen LogP contribution in [0.1, 0.15) is 39.0 Å². The first-order valence-corrected chi connectivity index (χ1v) is 5.34. The molecule has 1 rings (SSSR count). The van der Waals surface area contributed by atoms with Crippen LogP contribution in [0.4, 0.5) is 13.2 Å². The minimum absolute atomic E-state index is 0. The Labute approximate surface area is 99.9 Å². The van der Waals surface area contributed by atoms with Gasteiger partial charge in [0, 0.05) is 6.42 Å². The Hall–Kier alpha value is -0.450. The number of halogens is 4. The average molecular weight is 259 g/mol. The zero-order chi connectivity index (χ0) is 11.5. The molecular formula is C10H18ClF3N2. The number of nitrogens with zero attached hydrogens (tertiary/aromatic N) is 1. The van der Waals surface area contributed by atoms with Crippen LogP contribution in [0.2, 0.25) is 0 Å². The normalized spacial score (nSPS) is 25.1. The molecule has 0 spiro atoms. The topological polar surface area (TPSA) is 38.4 Å². The van der Waals surface area contributed by atoms with Crippen molar-refractivity contribution in [1.29, 1.82) is 0 Å². The van der Waals surface area contributed by atoms with Crippen LogP contribution < -0.4 is 5.73 Å². The highest BCUT2D eigenvalue weighted by molar-refractivity contribution is 5.85. The number of rotatable bonds is 4. The number of alkyl halides is 3. The molecule has 0 saturated heterocycles. The van der Waals surface area contributed by atoms with E-state index in [0.717, 1.165) is 19.3 Å². The molecule has 2 nitrogen and oxygen atoms in total. The van der Waals surface area contributed by atoms with Gasteiger partial charge in [-0.3, -0.25) is 4.99 Å². The van der Waals surface area contributed by atoms with Crippen LogP contribution in [0.25, 0.3) is 0 Å². The van der Waals surface area contributed by atoms with Gasteiger partial charge in [0.1, 0.15) is 0 Å². The van der Waals surface area contributed by atoms with Gasteiger partial charge in [-0.1, -0.05) is 26.2 Å². The molecule has 0 fully saturated rings. The lowest BCUT2D eigenvalue weighted by atomic mass is 9.94. The molecule has 0 aliphatic carbocycles. The van der Waals surface area contributed by atoms with Crippen LogP contribution >= 0.6 is 12.4 Å². The predicted octanol–water partition coefficient (Wildman–Crippen LogP) is 3.30. The summed E-state index contributed by atoms with van der Waals surface area (Å²) in [6.07, 6.45) is -1.04. The molecule has 96 valence electrons. The molecular weight excluding hydrogens is 241 g/mol. The lowest BCUT2D eigenvalue weighted by Crippen LogP contribution is -2.30. The van der Waals surface area contributed by atoms with Crippen molar-refractivity contribution in [2.24, 2.45) is 16.6 Å². The number of nitrogens with two attached hydrogens (primary N) is 1. The van der Waals surface area contributed by atoms with E-state index in [1.165, 1.54) is 0 Å². The van der Waals surface area contributed by atoms with Gasteiger partial charge in [0.15, 0.2) is 0 Å². The van der Waals surface area contributed by atoms with E-state index in [9.17, 15) is 13.2 Å². The third kappa shape index (κ3) is 4.20. The summed E-state index contributed by atoms with van der Waals surface area (Å²) in [6.45, 7) is 2.02. The van der Waals surface area contributed by atoms with E-state index in [1.807, 2.05) is 6.92 Å². The molecule has 0 amide bonds. The Bertz CT molecular complexity index is 241. The Morgan fingerprint density at radius 1 is 1.38 bits per heavy atom. The van der Waals surface area contributed by atoms with Crippen molar-refractivity contribution in [2.75, 3.05) is 0 Å². The quantitative estimate of drug-likeness (QED) is 0.772. The Balaban J connectivity index is 0.00000225. The number of aliphatic imine (C=N–C) groups is 1. The molecule has 0 bridgehead atoms. The van der Waals surface area contributed by atoms with E-state index in [1.54, 1.807) is 0 Å². The summed E-state index contributed by atoms with van der Waals surface area (Å²) in [6, 6.07) is -0.642. The molecule has 0 aromatic heterocycles. The highest BCUT2D eigenvalue weighted by atomic mass is 35.5. The van der Waals surface area contributed by atoms with Crippen molar-refractivity contribution >= 4 is 18.2 Å². The van der Waals surface area contributed by atoms with Crippen molar-refractivity contribution < 1.29 is 13.2 Å². The highest BCUT2D eigenvalue weighted by Gasteiger charge is 2.47. The summed E-state index contributed by atoms with van der Waals surface area (Å²) in [7, 11) is 0. The van der Waals surface area contributed by atoms with Gasteiger partial charge in [-0.05, 0) is 6.42 Å². The SMILES string of the molecule is CCCCCC1N=C(N)CC1C(F)(F)F.Cl. The fourth-order valence-corrected chi connectivity index (χ4v) is 1.92. The third-order valence-corrected chi connectivity index (χ3v) is 2.75. The van der Waals surface area contributed by atoms with Gasteiger partial charge in [-0.25, -0.2) is 0 Å². The van der Waals surface area contributed by atoms with Gasteiger partial charge >= 0.3 is 6.18 Å². The molecule has 1 heterocycles. The summed E-state index contributed by atoms with van der Waals surface area (Å²) in [5, 5.41) is 0. The van der Waals surface area contributed by atoms with Crippen LogP contribution in [0.5, 0.6) is 0 Å². The van der Waals surface area contributed by atoms with Crippen LogP contribution in [0.15, 0.2) is 4.99 Å². The van der Waals surface area contributed by atoms with Crippen LogP contribution in [0.3, 0.4) is 0 Å². The van der Waals surface area contributed by atoms with Gasteiger partial charge in [-0.15, -0.1) is 12.4 Å². The van der Waals surface area contributed by atoms with E-state index in [2.05, 4.69) is 4.99 Å². The van der Waals surface area contributed by atoms with Crippen molar-refractivity contribution in [2.45, 2.75) is 51.2 Å². The largest absolute Gasteiger partial charge is 0.394 e. The maximum absolute atomic E-state index is 12.6. The van der Waals surface area contributed by atoms with Gasteiger partial charge in [0.25, 0.3) is 0 Å². The maximum atomic E-state index is 12.6. The molecule has 16 heavy (non-hydrogen) atoms. The summed E-state index contributed by atoms with van der Waals surface area (Å²) in [5.74, 6) is -1.20. The maximum Gasteiger partial charge on any atom is 0.394 e. The van der Waals surface area contributed by atoms with Crippen LogP contribution in [-0.2, 0) is 0 Å². The fourth-order valence-electron chi connectivity index (χ4n) is 1.92. The Morgan fingerprint density at radius 2 is 2.00 bits per heavy atom. The molecule has 0 saturated carbocycles.